The average Bonchev–Trinajstić information content (AvgIpc) is 2.35. The molecule has 94 valence electrons. The SMILES string of the molecule is C=CCCCC(NN)c1ccc(OC)c(C)c1. The largest absolute Gasteiger partial charge is 0.496 e. The number of hydrogen-bond donors (Lipinski definition) is 2. The van der Waals surface area contributed by atoms with Crippen LogP contribution < -0.4 is 16.0 Å². The highest BCUT2D eigenvalue weighted by Gasteiger charge is 2.10. The van der Waals surface area contributed by atoms with E-state index in [9.17, 15) is 0 Å². The average molecular weight is 234 g/mol. The van der Waals surface area contributed by atoms with Crippen LogP contribution in [0.15, 0.2) is 30.9 Å². The number of nitrogens with two attached hydrogens (primary N) is 1. The third kappa shape index (κ3) is 3.88. The quantitative estimate of drug-likeness (QED) is 0.330. The third-order valence-electron chi connectivity index (χ3n) is 2.92. The van der Waals surface area contributed by atoms with E-state index in [4.69, 9.17) is 10.6 Å². The minimum Gasteiger partial charge on any atom is -0.496 e. The minimum atomic E-state index is 0.194. The topological polar surface area (TPSA) is 47.3 Å². The Hall–Kier alpha value is -1.32. The molecular weight excluding hydrogens is 212 g/mol. The van der Waals surface area contributed by atoms with Crippen LogP contribution in [0.1, 0.15) is 36.4 Å². The maximum Gasteiger partial charge on any atom is 0.121 e. The van der Waals surface area contributed by atoms with Crippen molar-refractivity contribution >= 4 is 0 Å². The lowest BCUT2D eigenvalue weighted by atomic mass is 9.99. The third-order valence-corrected chi connectivity index (χ3v) is 2.92. The Morgan fingerprint density at radius 3 is 2.82 bits per heavy atom. The van der Waals surface area contributed by atoms with E-state index in [1.54, 1.807) is 7.11 Å². The van der Waals surface area contributed by atoms with Crippen LogP contribution in [0.3, 0.4) is 0 Å². The summed E-state index contributed by atoms with van der Waals surface area (Å²) in [5, 5.41) is 0. The molecule has 1 unspecified atom stereocenters. The van der Waals surface area contributed by atoms with Gasteiger partial charge in [0.1, 0.15) is 5.75 Å². The first kappa shape index (κ1) is 13.7. The Labute approximate surface area is 104 Å². The van der Waals surface area contributed by atoms with Gasteiger partial charge in [0.05, 0.1) is 7.11 Å². The highest BCUT2D eigenvalue weighted by atomic mass is 16.5. The van der Waals surface area contributed by atoms with Crippen molar-refractivity contribution < 1.29 is 4.74 Å². The van der Waals surface area contributed by atoms with Gasteiger partial charge in [-0.15, -0.1) is 6.58 Å². The van der Waals surface area contributed by atoms with Crippen LogP contribution in [0.5, 0.6) is 5.75 Å². The summed E-state index contributed by atoms with van der Waals surface area (Å²) in [6.07, 6.45) is 5.05. The molecule has 3 N–H and O–H groups in total. The summed E-state index contributed by atoms with van der Waals surface area (Å²) >= 11 is 0. The van der Waals surface area contributed by atoms with Crippen molar-refractivity contribution in [2.24, 2.45) is 5.84 Å². The fourth-order valence-electron chi connectivity index (χ4n) is 1.93. The molecule has 0 radical (unpaired) electrons. The van der Waals surface area contributed by atoms with Gasteiger partial charge in [0.25, 0.3) is 0 Å². The van der Waals surface area contributed by atoms with Gasteiger partial charge in [-0.05, 0) is 43.4 Å². The zero-order chi connectivity index (χ0) is 12.7. The van der Waals surface area contributed by atoms with Crippen LogP contribution in [-0.4, -0.2) is 7.11 Å². The molecule has 1 aromatic carbocycles. The van der Waals surface area contributed by atoms with Crippen molar-refractivity contribution in [1.82, 2.24) is 5.43 Å². The predicted octanol–water partition coefficient (Wildman–Crippen LogP) is 2.86. The minimum absolute atomic E-state index is 0.194. The number of benzene rings is 1. The number of hydrogen-bond acceptors (Lipinski definition) is 3. The Bertz CT molecular complexity index is 363. The van der Waals surface area contributed by atoms with Gasteiger partial charge in [0.2, 0.25) is 0 Å². The van der Waals surface area contributed by atoms with Gasteiger partial charge in [0.15, 0.2) is 0 Å². The first-order valence-electron chi connectivity index (χ1n) is 5.94. The van der Waals surface area contributed by atoms with Crippen LogP contribution in [0.2, 0.25) is 0 Å². The molecular formula is C14H22N2O. The van der Waals surface area contributed by atoms with E-state index in [2.05, 4.69) is 24.1 Å². The molecule has 0 bridgehead atoms. The molecule has 0 spiro atoms. The van der Waals surface area contributed by atoms with E-state index >= 15 is 0 Å². The van der Waals surface area contributed by atoms with E-state index in [-0.39, 0.29) is 6.04 Å². The highest BCUT2D eigenvalue weighted by molar-refractivity contribution is 5.37. The number of unbranched alkanes of at least 4 members (excludes halogenated alkanes) is 1. The van der Waals surface area contributed by atoms with Crippen LogP contribution in [0, 0.1) is 6.92 Å². The summed E-state index contributed by atoms with van der Waals surface area (Å²) in [6.45, 7) is 5.77. The summed E-state index contributed by atoms with van der Waals surface area (Å²) in [7, 11) is 1.69. The molecule has 17 heavy (non-hydrogen) atoms. The second-order valence-corrected chi connectivity index (χ2v) is 4.17. The van der Waals surface area contributed by atoms with Crippen LogP contribution in [-0.2, 0) is 0 Å². The van der Waals surface area contributed by atoms with E-state index in [1.165, 1.54) is 5.56 Å². The standard InChI is InChI=1S/C14H22N2O/c1-4-5-6-7-13(16-15)12-8-9-14(17-3)11(2)10-12/h4,8-10,13,16H,1,5-7,15H2,2-3H3. The normalized spacial score (nSPS) is 12.2. The molecule has 1 aromatic rings. The van der Waals surface area contributed by atoms with Crippen LogP contribution in [0.25, 0.3) is 0 Å². The van der Waals surface area contributed by atoms with E-state index in [0.29, 0.717) is 0 Å². The van der Waals surface area contributed by atoms with Gasteiger partial charge < -0.3 is 4.74 Å². The summed E-state index contributed by atoms with van der Waals surface area (Å²) in [5.41, 5.74) is 5.20. The fourth-order valence-corrected chi connectivity index (χ4v) is 1.93. The molecule has 0 heterocycles. The van der Waals surface area contributed by atoms with Crippen molar-refractivity contribution in [2.45, 2.75) is 32.2 Å². The van der Waals surface area contributed by atoms with Gasteiger partial charge in [-0.3, -0.25) is 11.3 Å². The van der Waals surface area contributed by atoms with Gasteiger partial charge in [-0.1, -0.05) is 18.2 Å². The van der Waals surface area contributed by atoms with Crippen molar-refractivity contribution in [3.63, 3.8) is 0 Å². The number of ether oxygens (including phenoxy) is 1. The lowest BCUT2D eigenvalue weighted by Crippen LogP contribution is -2.28. The molecule has 0 saturated carbocycles. The summed E-state index contributed by atoms with van der Waals surface area (Å²) < 4.78 is 5.25. The van der Waals surface area contributed by atoms with Crippen molar-refractivity contribution in [1.29, 1.82) is 0 Å². The number of aryl methyl sites for hydroxylation is 1. The molecule has 0 aromatic heterocycles. The molecule has 3 heteroatoms. The first-order chi connectivity index (χ1) is 8.22. The van der Waals surface area contributed by atoms with Crippen LogP contribution >= 0.6 is 0 Å². The molecule has 3 nitrogen and oxygen atoms in total. The van der Waals surface area contributed by atoms with E-state index < -0.39 is 0 Å². The zero-order valence-corrected chi connectivity index (χ0v) is 10.7. The van der Waals surface area contributed by atoms with Gasteiger partial charge in [-0.2, -0.15) is 0 Å². The van der Waals surface area contributed by atoms with Gasteiger partial charge >= 0.3 is 0 Å². The van der Waals surface area contributed by atoms with Crippen molar-refractivity contribution in [2.75, 3.05) is 7.11 Å². The van der Waals surface area contributed by atoms with Crippen LogP contribution in [0.4, 0.5) is 0 Å². The molecule has 0 fully saturated rings. The number of rotatable bonds is 7. The second-order valence-electron chi connectivity index (χ2n) is 4.17. The van der Waals surface area contributed by atoms with Gasteiger partial charge in [0, 0.05) is 6.04 Å². The lowest BCUT2D eigenvalue weighted by molar-refractivity contribution is 0.411. The Morgan fingerprint density at radius 2 is 2.29 bits per heavy atom. The summed E-state index contributed by atoms with van der Waals surface area (Å²) in [5.74, 6) is 6.51. The molecule has 1 rings (SSSR count). The number of hydrazine groups is 1. The second kappa shape index (κ2) is 7.09. The number of allylic oxidation sites excluding steroid dienone is 1. The fraction of sp³-hybridized carbons (Fsp3) is 0.429. The zero-order valence-electron chi connectivity index (χ0n) is 10.7. The molecule has 1 atom stereocenters. The molecule has 0 aliphatic carbocycles. The lowest BCUT2D eigenvalue weighted by Gasteiger charge is -2.17. The monoisotopic (exact) mass is 234 g/mol. The van der Waals surface area contributed by atoms with Crippen molar-refractivity contribution in [3.05, 3.63) is 42.0 Å². The number of methoxy groups -OCH3 is 1. The molecule has 0 aliphatic heterocycles. The Kier molecular flexibility index (Phi) is 5.73. The smallest absolute Gasteiger partial charge is 0.121 e. The van der Waals surface area contributed by atoms with Crippen molar-refractivity contribution in [3.8, 4) is 5.75 Å². The molecule has 0 amide bonds. The maximum absolute atomic E-state index is 5.60. The maximum atomic E-state index is 5.60. The Morgan fingerprint density at radius 1 is 1.53 bits per heavy atom. The molecule has 0 saturated heterocycles. The number of nitrogens with one attached hydrogen (secondary N) is 1. The predicted molar refractivity (Wildman–Crippen MR) is 71.8 cm³/mol. The van der Waals surface area contributed by atoms with E-state index in [0.717, 1.165) is 30.6 Å². The van der Waals surface area contributed by atoms with E-state index in [1.807, 2.05) is 19.1 Å². The Balaban J connectivity index is 2.74. The van der Waals surface area contributed by atoms with Gasteiger partial charge in [-0.25, -0.2) is 0 Å². The molecule has 0 aliphatic rings. The summed E-state index contributed by atoms with van der Waals surface area (Å²) in [4.78, 5) is 0. The highest BCUT2D eigenvalue weighted by Crippen LogP contribution is 2.24. The summed E-state index contributed by atoms with van der Waals surface area (Å²) in [6, 6.07) is 6.36. The first-order valence-corrected chi connectivity index (χ1v) is 5.94.